The van der Waals surface area contributed by atoms with Crippen molar-refractivity contribution in [2.75, 3.05) is 18.0 Å². The van der Waals surface area contributed by atoms with E-state index in [1.807, 2.05) is 12.1 Å². The third kappa shape index (κ3) is 2.33. The largest absolute Gasteiger partial charge is 0.357 e. The fraction of sp³-hybridized carbons (Fsp3) is 0.538. The predicted octanol–water partition coefficient (Wildman–Crippen LogP) is 2.58. The van der Waals surface area contributed by atoms with Gasteiger partial charge in [-0.3, -0.25) is 0 Å². The maximum Gasteiger partial charge on any atom is 0.128 e. The first-order valence-corrected chi connectivity index (χ1v) is 5.94. The monoisotopic (exact) mass is 215 g/mol. The highest BCUT2D eigenvalue weighted by Crippen LogP contribution is 2.23. The molecule has 1 aromatic rings. The lowest BCUT2D eigenvalue weighted by Crippen LogP contribution is -2.33. The molecule has 0 aliphatic carbocycles. The van der Waals surface area contributed by atoms with Crippen molar-refractivity contribution in [1.29, 1.82) is 5.26 Å². The maximum absolute atomic E-state index is 8.70. The average molecular weight is 215 g/mol. The standard InChI is InChI=1S/C13H17N3/c1-2-11-5-7-16(8-6-11)13-4-3-12(9-14)10-15-13/h3-4,10-11H,2,5-8H2,1H3. The van der Waals surface area contributed by atoms with Gasteiger partial charge >= 0.3 is 0 Å². The van der Waals surface area contributed by atoms with Crippen LogP contribution in [0.15, 0.2) is 18.3 Å². The maximum atomic E-state index is 8.70. The van der Waals surface area contributed by atoms with E-state index in [9.17, 15) is 0 Å². The molecule has 0 radical (unpaired) electrons. The summed E-state index contributed by atoms with van der Waals surface area (Å²) in [6.45, 7) is 4.45. The Labute approximate surface area is 96.7 Å². The summed E-state index contributed by atoms with van der Waals surface area (Å²) < 4.78 is 0. The van der Waals surface area contributed by atoms with E-state index in [0.717, 1.165) is 24.8 Å². The minimum atomic E-state index is 0.632. The minimum absolute atomic E-state index is 0.632. The van der Waals surface area contributed by atoms with Crippen molar-refractivity contribution in [1.82, 2.24) is 4.98 Å². The lowest BCUT2D eigenvalue weighted by molar-refractivity contribution is 0.394. The second-order valence-corrected chi connectivity index (χ2v) is 4.36. The van der Waals surface area contributed by atoms with E-state index in [4.69, 9.17) is 5.26 Å². The fourth-order valence-electron chi connectivity index (χ4n) is 2.21. The van der Waals surface area contributed by atoms with E-state index in [-0.39, 0.29) is 0 Å². The molecule has 1 fully saturated rings. The van der Waals surface area contributed by atoms with Gasteiger partial charge in [-0.25, -0.2) is 4.98 Å². The zero-order chi connectivity index (χ0) is 11.4. The van der Waals surface area contributed by atoms with Crippen molar-refractivity contribution >= 4 is 5.82 Å². The molecule has 16 heavy (non-hydrogen) atoms. The van der Waals surface area contributed by atoms with Crippen LogP contribution in [0.2, 0.25) is 0 Å². The Morgan fingerprint density at radius 2 is 2.19 bits per heavy atom. The molecule has 0 bridgehead atoms. The van der Waals surface area contributed by atoms with E-state index in [1.54, 1.807) is 6.20 Å². The molecule has 2 rings (SSSR count). The summed E-state index contributed by atoms with van der Waals surface area (Å²) in [6, 6.07) is 5.88. The lowest BCUT2D eigenvalue weighted by atomic mass is 9.94. The van der Waals surface area contributed by atoms with Crippen LogP contribution in [0.4, 0.5) is 5.82 Å². The molecule has 3 heteroatoms. The molecule has 0 unspecified atom stereocenters. The van der Waals surface area contributed by atoms with Crippen LogP contribution in [-0.2, 0) is 0 Å². The van der Waals surface area contributed by atoms with E-state index in [0.29, 0.717) is 5.56 Å². The molecule has 1 aliphatic rings. The van der Waals surface area contributed by atoms with Crippen LogP contribution in [-0.4, -0.2) is 18.1 Å². The van der Waals surface area contributed by atoms with Crippen LogP contribution in [0.5, 0.6) is 0 Å². The first-order valence-electron chi connectivity index (χ1n) is 5.94. The van der Waals surface area contributed by atoms with Crippen molar-refractivity contribution in [2.45, 2.75) is 26.2 Å². The molecule has 1 aromatic heterocycles. The first kappa shape index (κ1) is 10.9. The van der Waals surface area contributed by atoms with Gasteiger partial charge in [0.2, 0.25) is 0 Å². The van der Waals surface area contributed by atoms with Gasteiger partial charge in [0.25, 0.3) is 0 Å². The van der Waals surface area contributed by atoms with Gasteiger partial charge in [-0.15, -0.1) is 0 Å². The van der Waals surface area contributed by atoms with Gasteiger partial charge in [0.05, 0.1) is 5.56 Å². The summed E-state index contributed by atoms with van der Waals surface area (Å²) in [6.07, 6.45) is 5.46. The Kier molecular flexibility index (Phi) is 3.40. The number of anilines is 1. The van der Waals surface area contributed by atoms with Crippen molar-refractivity contribution in [3.63, 3.8) is 0 Å². The molecule has 0 spiro atoms. The third-order valence-electron chi connectivity index (χ3n) is 3.39. The number of rotatable bonds is 2. The third-order valence-corrected chi connectivity index (χ3v) is 3.39. The molecule has 0 amide bonds. The zero-order valence-corrected chi connectivity index (χ0v) is 9.69. The lowest BCUT2D eigenvalue weighted by Gasteiger charge is -2.32. The second kappa shape index (κ2) is 4.98. The van der Waals surface area contributed by atoms with Crippen LogP contribution in [0, 0.1) is 17.2 Å². The number of aromatic nitrogens is 1. The molecular formula is C13H17N3. The molecule has 3 nitrogen and oxygen atoms in total. The highest BCUT2D eigenvalue weighted by atomic mass is 15.2. The Balaban J connectivity index is 2.00. The van der Waals surface area contributed by atoms with Gasteiger partial charge < -0.3 is 4.90 Å². The predicted molar refractivity (Wildman–Crippen MR) is 64.2 cm³/mol. The topological polar surface area (TPSA) is 39.9 Å². The number of pyridine rings is 1. The van der Waals surface area contributed by atoms with Crippen LogP contribution in [0.1, 0.15) is 31.7 Å². The Bertz CT molecular complexity index is 369. The highest BCUT2D eigenvalue weighted by molar-refractivity contribution is 5.42. The van der Waals surface area contributed by atoms with Gasteiger partial charge in [0.15, 0.2) is 0 Å². The van der Waals surface area contributed by atoms with Crippen LogP contribution in [0.25, 0.3) is 0 Å². The normalized spacial score (nSPS) is 17.1. The molecular weight excluding hydrogens is 198 g/mol. The van der Waals surface area contributed by atoms with Gasteiger partial charge in [-0.1, -0.05) is 13.3 Å². The summed E-state index contributed by atoms with van der Waals surface area (Å²) in [5.41, 5.74) is 0.632. The number of piperidine rings is 1. The van der Waals surface area contributed by atoms with E-state index in [2.05, 4.69) is 22.9 Å². The second-order valence-electron chi connectivity index (χ2n) is 4.36. The number of hydrogen-bond donors (Lipinski definition) is 0. The summed E-state index contributed by atoms with van der Waals surface area (Å²) >= 11 is 0. The van der Waals surface area contributed by atoms with E-state index >= 15 is 0 Å². The summed E-state index contributed by atoms with van der Waals surface area (Å²) in [5, 5.41) is 8.70. The van der Waals surface area contributed by atoms with Crippen LogP contribution < -0.4 is 4.90 Å². The summed E-state index contributed by atoms with van der Waals surface area (Å²) in [5.74, 6) is 1.89. The van der Waals surface area contributed by atoms with Crippen LogP contribution in [0.3, 0.4) is 0 Å². The van der Waals surface area contributed by atoms with Crippen LogP contribution >= 0.6 is 0 Å². The van der Waals surface area contributed by atoms with E-state index in [1.165, 1.54) is 19.3 Å². The van der Waals surface area contributed by atoms with Gasteiger partial charge in [-0.05, 0) is 30.9 Å². The van der Waals surface area contributed by atoms with Gasteiger partial charge in [0.1, 0.15) is 11.9 Å². The zero-order valence-electron chi connectivity index (χ0n) is 9.69. The number of nitriles is 1. The molecule has 0 atom stereocenters. The quantitative estimate of drug-likeness (QED) is 0.761. The minimum Gasteiger partial charge on any atom is -0.357 e. The van der Waals surface area contributed by atoms with Gasteiger partial charge in [-0.2, -0.15) is 5.26 Å². The van der Waals surface area contributed by atoms with Crippen molar-refractivity contribution in [2.24, 2.45) is 5.92 Å². The molecule has 1 saturated heterocycles. The Morgan fingerprint density at radius 1 is 1.44 bits per heavy atom. The first-order chi connectivity index (χ1) is 7.83. The van der Waals surface area contributed by atoms with Crippen molar-refractivity contribution < 1.29 is 0 Å². The van der Waals surface area contributed by atoms with Crippen molar-refractivity contribution in [3.05, 3.63) is 23.9 Å². The smallest absolute Gasteiger partial charge is 0.128 e. The fourth-order valence-corrected chi connectivity index (χ4v) is 2.21. The Morgan fingerprint density at radius 3 is 2.69 bits per heavy atom. The summed E-state index contributed by atoms with van der Waals surface area (Å²) in [7, 11) is 0. The molecule has 0 saturated carbocycles. The molecule has 2 heterocycles. The average Bonchev–Trinajstić information content (AvgIpc) is 2.39. The van der Waals surface area contributed by atoms with Gasteiger partial charge in [0, 0.05) is 19.3 Å². The highest BCUT2D eigenvalue weighted by Gasteiger charge is 2.18. The Hall–Kier alpha value is -1.56. The number of hydrogen-bond acceptors (Lipinski definition) is 3. The molecule has 1 aliphatic heterocycles. The van der Waals surface area contributed by atoms with Crippen molar-refractivity contribution in [3.8, 4) is 6.07 Å². The number of nitrogens with zero attached hydrogens (tertiary/aromatic N) is 3. The van der Waals surface area contributed by atoms with E-state index < -0.39 is 0 Å². The summed E-state index contributed by atoms with van der Waals surface area (Å²) in [4.78, 5) is 6.64. The molecule has 0 aromatic carbocycles. The molecule has 84 valence electrons. The molecule has 0 N–H and O–H groups in total. The SMILES string of the molecule is CCC1CCN(c2ccc(C#N)cn2)CC1.